The number of halogens is 1. The first kappa shape index (κ1) is 12.5. The topological polar surface area (TPSA) is 52.3 Å². The van der Waals surface area contributed by atoms with Gasteiger partial charge in [-0.05, 0) is 24.6 Å². The number of nitrogens with two attached hydrogens (primary N) is 1. The minimum absolute atomic E-state index is 0.451. The van der Waals surface area contributed by atoms with Crippen molar-refractivity contribution >= 4 is 28.1 Å². The molecule has 0 saturated carbocycles. The molecular weight excluding hydrogens is 234 g/mol. The molecule has 1 aromatic carbocycles. The molecule has 1 aromatic rings. The van der Waals surface area contributed by atoms with Crippen LogP contribution in [0.3, 0.4) is 0 Å². The highest BCUT2D eigenvalue weighted by atomic mass is 35.5. The monoisotopic (exact) mass is 247 g/mol. The normalized spacial score (nSPS) is 12.7. The van der Waals surface area contributed by atoms with E-state index in [1.165, 1.54) is 0 Å². The molecule has 84 valence electrons. The lowest BCUT2D eigenvalue weighted by molar-refractivity contribution is 0.200. The van der Waals surface area contributed by atoms with E-state index in [4.69, 9.17) is 22.1 Å². The van der Waals surface area contributed by atoms with E-state index in [2.05, 4.69) is 0 Å². The first-order chi connectivity index (χ1) is 7.15. The molecule has 0 bridgehead atoms. The van der Waals surface area contributed by atoms with Crippen LogP contribution < -0.4 is 5.73 Å². The van der Waals surface area contributed by atoms with Gasteiger partial charge in [-0.15, -0.1) is 0 Å². The molecule has 0 spiro atoms. The molecule has 0 aliphatic rings. The lowest BCUT2D eigenvalue weighted by Gasteiger charge is -2.04. The number of methoxy groups -OCH3 is 1. The summed E-state index contributed by atoms with van der Waals surface area (Å²) in [5.74, 6) is 0.577. The predicted octanol–water partition coefficient (Wildman–Crippen LogP) is 2.07. The molecule has 5 heteroatoms. The van der Waals surface area contributed by atoms with E-state index in [1.807, 2.05) is 0 Å². The fourth-order valence-electron chi connectivity index (χ4n) is 1.10. The number of hydrogen-bond donors (Lipinski definition) is 1. The van der Waals surface area contributed by atoms with Crippen LogP contribution in [0.2, 0.25) is 5.02 Å². The van der Waals surface area contributed by atoms with E-state index in [-0.39, 0.29) is 0 Å². The van der Waals surface area contributed by atoms with Crippen molar-refractivity contribution < 1.29 is 8.95 Å². The fourth-order valence-corrected chi connectivity index (χ4v) is 2.43. The van der Waals surface area contributed by atoms with Crippen molar-refractivity contribution in [2.24, 2.45) is 0 Å². The van der Waals surface area contributed by atoms with Crippen LogP contribution in [0.25, 0.3) is 0 Å². The zero-order valence-electron chi connectivity index (χ0n) is 8.53. The minimum atomic E-state index is -1.02. The number of anilines is 1. The second-order valence-electron chi connectivity index (χ2n) is 3.08. The molecule has 0 saturated heterocycles. The Labute approximate surface area is 97.0 Å². The van der Waals surface area contributed by atoms with Gasteiger partial charge < -0.3 is 10.5 Å². The molecule has 0 fully saturated rings. The Bertz CT molecular complexity index is 357. The van der Waals surface area contributed by atoms with Crippen molar-refractivity contribution in [3.63, 3.8) is 0 Å². The third kappa shape index (κ3) is 3.81. The van der Waals surface area contributed by atoms with Gasteiger partial charge in [0.05, 0.1) is 21.5 Å². The summed E-state index contributed by atoms with van der Waals surface area (Å²) in [5, 5.41) is 0.451. The Morgan fingerprint density at radius 1 is 1.53 bits per heavy atom. The van der Waals surface area contributed by atoms with Crippen LogP contribution in [0.4, 0.5) is 5.69 Å². The molecule has 0 aliphatic carbocycles. The second kappa shape index (κ2) is 6.10. The molecule has 1 unspecified atom stereocenters. The molecule has 1 atom stereocenters. The standard InChI is InChI=1S/C10H14ClNO2S/c1-14-5-2-6-15(13)8-3-4-10(12)9(11)7-8/h3-4,7H,2,5-6,12H2,1H3. The molecule has 0 amide bonds. The molecule has 0 aliphatic heterocycles. The maximum Gasteiger partial charge on any atom is 0.0647 e. The Hall–Kier alpha value is -0.580. The summed E-state index contributed by atoms with van der Waals surface area (Å²) < 4.78 is 16.6. The maximum atomic E-state index is 11.7. The lowest BCUT2D eigenvalue weighted by Crippen LogP contribution is -2.02. The van der Waals surface area contributed by atoms with Crippen LogP contribution in [-0.4, -0.2) is 23.7 Å². The number of nitrogen functional groups attached to an aromatic ring is 1. The van der Waals surface area contributed by atoms with Crippen molar-refractivity contribution in [1.82, 2.24) is 0 Å². The SMILES string of the molecule is COCCCS(=O)c1ccc(N)c(Cl)c1. The van der Waals surface area contributed by atoms with Crippen LogP contribution in [-0.2, 0) is 15.5 Å². The zero-order chi connectivity index (χ0) is 11.3. The van der Waals surface area contributed by atoms with E-state index in [1.54, 1.807) is 25.3 Å². The quantitative estimate of drug-likeness (QED) is 0.640. The summed E-state index contributed by atoms with van der Waals surface area (Å²) in [7, 11) is 0.605. The molecule has 1 rings (SSSR count). The third-order valence-electron chi connectivity index (χ3n) is 1.91. The molecule has 0 radical (unpaired) electrons. The van der Waals surface area contributed by atoms with Crippen molar-refractivity contribution in [1.29, 1.82) is 0 Å². The first-order valence-corrected chi connectivity index (χ1v) is 6.27. The van der Waals surface area contributed by atoms with Gasteiger partial charge >= 0.3 is 0 Å². The molecule has 0 aromatic heterocycles. The number of benzene rings is 1. The highest BCUT2D eigenvalue weighted by molar-refractivity contribution is 7.85. The molecule has 2 N–H and O–H groups in total. The minimum Gasteiger partial charge on any atom is -0.398 e. The van der Waals surface area contributed by atoms with E-state index in [9.17, 15) is 4.21 Å². The number of rotatable bonds is 5. The highest BCUT2D eigenvalue weighted by Gasteiger charge is 2.05. The van der Waals surface area contributed by atoms with Crippen LogP contribution in [0.15, 0.2) is 23.1 Å². The zero-order valence-corrected chi connectivity index (χ0v) is 10.1. The number of ether oxygens (including phenoxy) is 1. The average molecular weight is 248 g/mol. The highest BCUT2D eigenvalue weighted by Crippen LogP contribution is 2.21. The summed E-state index contributed by atoms with van der Waals surface area (Å²) in [4.78, 5) is 0.713. The van der Waals surface area contributed by atoms with E-state index < -0.39 is 10.8 Å². The van der Waals surface area contributed by atoms with Gasteiger partial charge in [-0.3, -0.25) is 4.21 Å². The molecule has 0 heterocycles. The van der Waals surface area contributed by atoms with Gasteiger partial charge in [0.2, 0.25) is 0 Å². The van der Waals surface area contributed by atoms with E-state index >= 15 is 0 Å². The Morgan fingerprint density at radius 2 is 2.27 bits per heavy atom. The molecule has 15 heavy (non-hydrogen) atoms. The Morgan fingerprint density at radius 3 is 2.87 bits per heavy atom. The van der Waals surface area contributed by atoms with Gasteiger partial charge in [0, 0.05) is 24.4 Å². The summed E-state index contributed by atoms with van der Waals surface area (Å²) in [6.07, 6.45) is 0.769. The van der Waals surface area contributed by atoms with Crippen LogP contribution in [0, 0.1) is 0 Å². The van der Waals surface area contributed by atoms with Crippen LogP contribution in [0.1, 0.15) is 6.42 Å². The van der Waals surface area contributed by atoms with Gasteiger partial charge in [-0.25, -0.2) is 0 Å². The van der Waals surface area contributed by atoms with Crippen molar-refractivity contribution in [3.05, 3.63) is 23.2 Å². The smallest absolute Gasteiger partial charge is 0.0647 e. The van der Waals surface area contributed by atoms with E-state index in [0.29, 0.717) is 28.0 Å². The van der Waals surface area contributed by atoms with E-state index in [0.717, 1.165) is 6.42 Å². The van der Waals surface area contributed by atoms with Crippen molar-refractivity contribution in [2.75, 3.05) is 25.2 Å². The first-order valence-electron chi connectivity index (χ1n) is 4.57. The summed E-state index contributed by atoms with van der Waals surface area (Å²) >= 11 is 5.84. The van der Waals surface area contributed by atoms with Gasteiger partial charge in [-0.1, -0.05) is 11.6 Å². The molecular formula is C10H14ClNO2S. The second-order valence-corrected chi connectivity index (χ2v) is 5.06. The Kier molecular flexibility index (Phi) is 5.08. The maximum absolute atomic E-state index is 11.7. The molecule has 3 nitrogen and oxygen atoms in total. The Balaban J connectivity index is 2.62. The lowest BCUT2D eigenvalue weighted by atomic mass is 10.3. The summed E-state index contributed by atoms with van der Waals surface area (Å²) in [6.45, 7) is 0.619. The summed E-state index contributed by atoms with van der Waals surface area (Å²) in [6, 6.07) is 5.07. The van der Waals surface area contributed by atoms with Crippen LogP contribution in [0.5, 0.6) is 0 Å². The van der Waals surface area contributed by atoms with Gasteiger partial charge in [0.15, 0.2) is 0 Å². The summed E-state index contributed by atoms with van der Waals surface area (Å²) in [5.41, 5.74) is 6.07. The van der Waals surface area contributed by atoms with Gasteiger partial charge in [0.1, 0.15) is 0 Å². The predicted molar refractivity (Wildman–Crippen MR) is 63.6 cm³/mol. The van der Waals surface area contributed by atoms with Gasteiger partial charge in [-0.2, -0.15) is 0 Å². The number of hydrogen-bond acceptors (Lipinski definition) is 3. The van der Waals surface area contributed by atoms with Crippen molar-refractivity contribution in [2.45, 2.75) is 11.3 Å². The third-order valence-corrected chi connectivity index (χ3v) is 3.68. The van der Waals surface area contributed by atoms with Gasteiger partial charge in [0.25, 0.3) is 0 Å². The van der Waals surface area contributed by atoms with Crippen molar-refractivity contribution in [3.8, 4) is 0 Å². The largest absolute Gasteiger partial charge is 0.398 e. The fraction of sp³-hybridized carbons (Fsp3) is 0.400. The average Bonchev–Trinajstić information content (AvgIpc) is 2.22. The van der Waals surface area contributed by atoms with Crippen LogP contribution >= 0.6 is 11.6 Å².